The molecule has 1 aromatic heterocycles. The fourth-order valence-corrected chi connectivity index (χ4v) is 3.30. The molecule has 1 heterocycles. The first-order valence-corrected chi connectivity index (χ1v) is 8.97. The molecule has 0 saturated heterocycles. The van der Waals surface area contributed by atoms with Gasteiger partial charge in [-0.15, -0.1) is 0 Å². The molecule has 0 saturated carbocycles. The van der Waals surface area contributed by atoms with Crippen molar-refractivity contribution < 1.29 is 4.79 Å². The predicted molar refractivity (Wildman–Crippen MR) is 109 cm³/mol. The molecule has 0 atom stereocenters. The van der Waals surface area contributed by atoms with Crippen LogP contribution in [0.1, 0.15) is 21.5 Å². The molecule has 3 aromatic carbocycles. The lowest BCUT2D eigenvalue weighted by atomic mass is 10.0. The monoisotopic (exact) mass is 373 g/mol. The van der Waals surface area contributed by atoms with E-state index < -0.39 is 0 Å². The lowest BCUT2D eigenvalue weighted by molar-refractivity contribution is 0.103. The lowest BCUT2D eigenvalue weighted by Crippen LogP contribution is -2.20. The van der Waals surface area contributed by atoms with Gasteiger partial charge in [-0.05, 0) is 42.0 Å². The van der Waals surface area contributed by atoms with Gasteiger partial charge in [0, 0.05) is 28.7 Å². The van der Waals surface area contributed by atoms with Crippen LogP contribution >= 0.6 is 11.6 Å². The molecule has 0 radical (unpaired) electrons. The molecule has 0 amide bonds. The number of rotatable bonds is 4. The Balaban J connectivity index is 1.88. The second-order valence-electron chi connectivity index (χ2n) is 6.34. The quantitative estimate of drug-likeness (QED) is 0.475. The molecular formula is C23H16ClNO2. The SMILES string of the molecule is O=C(c1ccc(Cl)cc1)c1cn(Cc2ccccc2)c2ccccc2c1=O. The van der Waals surface area contributed by atoms with Gasteiger partial charge in [-0.2, -0.15) is 0 Å². The molecule has 0 aliphatic rings. The van der Waals surface area contributed by atoms with Crippen molar-refractivity contribution in [1.29, 1.82) is 0 Å². The van der Waals surface area contributed by atoms with E-state index in [4.69, 9.17) is 11.6 Å². The van der Waals surface area contributed by atoms with E-state index in [1.807, 2.05) is 53.1 Å². The molecule has 27 heavy (non-hydrogen) atoms. The molecule has 0 aliphatic heterocycles. The smallest absolute Gasteiger partial charge is 0.200 e. The molecule has 3 nitrogen and oxygen atoms in total. The van der Waals surface area contributed by atoms with Gasteiger partial charge >= 0.3 is 0 Å². The molecule has 0 N–H and O–H groups in total. The number of halogens is 1. The van der Waals surface area contributed by atoms with Gasteiger partial charge in [0.2, 0.25) is 5.43 Å². The Morgan fingerprint density at radius 1 is 0.852 bits per heavy atom. The van der Waals surface area contributed by atoms with Crippen LogP contribution in [0, 0.1) is 0 Å². The Morgan fingerprint density at radius 3 is 2.26 bits per heavy atom. The number of carbonyl (C=O) groups excluding carboxylic acids is 1. The summed E-state index contributed by atoms with van der Waals surface area (Å²) in [5, 5.41) is 1.08. The number of fused-ring (bicyclic) bond motifs is 1. The Morgan fingerprint density at radius 2 is 1.52 bits per heavy atom. The zero-order valence-electron chi connectivity index (χ0n) is 14.4. The highest BCUT2D eigenvalue weighted by Gasteiger charge is 2.17. The van der Waals surface area contributed by atoms with Crippen LogP contribution in [0.15, 0.2) is 89.9 Å². The fourth-order valence-electron chi connectivity index (χ4n) is 3.17. The Labute approximate surface area is 161 Å². The first-order chi connectivity index (χ1) is 13.1. The van der Waals surface area contributed by atoms with Crippen molar-refractivity contribution in [2.24, 2.45) is 0 Å². The van der Waals surface area contributed by atoms with E-state index in [0.717, 1.165) is 11.1 Å². The van der Waals surface area contributed by atoms with Gasteiger partial charge in [0.25, 0.3) is 0 Å². The van der Waals surface area contributed by atoms with Crippen molar-refractivity contribution in [2.75, 3.05) is 0 Å². The van der Waals surface area contributed by atoms with Crippen molar-refractivity contribution in [3.8, 4) is 0 Å². The van der Waals surface area contributed by atoms with Crippen molar-refractivity contribution in [2.45, 2.75) is 6.54 Å². The number of ketones is 1. The number of pyridine rings is 1. The summed E-state index contributed by atoms with van der Waals surface area (Å²) in [7, 11) is 0. The van der Waals surface area contributed by atoms with Crippen LogP contribution in [0.2, 0.25) is 5.02 Å². The third kappa shape index (κ3) is 3.42. The highest BCUT2D eigenvalue weighted by atomic mass is 35.5. The average Bonchev–Trinajstić information content (AvgIpc) is 2.71. The summed E-state index contributed by atoms with van der Waals surface area (Å²) < 4.78 is 1.95. The van der Waals surface area contributed by atoms with E-state index in [-0.39, 0.29) is 16.8 Å². The summed E-state index contributed by atoms with van der Waals surface area (Å²) >= 11 is 5.91. The Kier molecular flexibility index (Phi) is 4.61. The summed E-state index contributed by atoms with van der Waals surface area (Å²) in [6.07, 6.45) is 1.66. The maximum Gasteiger partial charge on any atom is 0.200 e. The minimum Gasteiger partial charge on any atom is -0.342 e. The standard InChI is InChI=1S/C23H16ClNO2/c24-18-12-10-17(11-13-18)22(26)20-15-25(14-16-6-2-1-3-7-16)21-9-5-4-8-19(21)23(20)27/h1-13,15H,14H2. The maximum atomic E-state index is 13.0. The van der Waals surface area contributed by atoms with Gasteiger partial charge in [-0.3, -0.25) is 9.59 Å². The van der Waals surface area contributed by atoms with E-state index in [1.165, 1.54) is 0 Å². The van der Waals surface area contributed by atoms with E-state index >= 15 is 0 Å². The summed E-state index contributed by atoms with van der Waals surface area (Å²) in [6.45, 7) is 0.572. The number of aromatic nitrogens is 1. The molecular weight excluding hydrogens is 358 g/mol. The van der Waals surface area contributed by atoms with Crippen LogP contribution in [0.25, 0.3) is 10.9 Å². The molecule has 4 rings (SSSR count). The molecule has 0 unspecified atom stereocenters. The van der Waals surface area contributed by atoms with Gasteiger partial charge < -0.3 is 4.57 Å². The van der Waals surface area contributed by atoms with Crippen LogP contribution in [-0.2, 0) is 6.54 Å². The molecule has 0 aliphatic carbocycles. The van der Waals surface area contributed by atoms with E-state index in [1.54, 1.807) is 36.5 Å². The molecule has 0 bridgehead atoms. The first kappa shape index (κ1) is 17.3. The van der Waals surface area contributed by atoms with E-state index in [0.29, 0.717) is 22.5 Å². The number of carbonyl (C=O) groups is 1. The topological polar surface area (TPSA) is 39.1 Å². The minimum atomic E-state index is -0.302. The van der Waals surface area contributed by atoms with Crippen LogP contribution < -0.4 is 5.43 Å². The minimum absolute atomic E-state index is 0.159. The zero-order chi connectivity index (χ0) is 18.8. The van der Waals surface area contributed by atoms with Crippen LogP contribution in [0.5, 0.6) is 0 Å². The number of para-hydroxylation sites is 1. The van der Waals surface area contributed by atoms with Gasteiger partial charge in [0.15, 0.2) is 5.78 Å². The first-order valence-electron chi connectivity index (χ1n) is 8.60. The largest absolute Gasteiger partial charge is 0.342 e. The lowest BCUT2D eigenvalue weighted by Gasteiger charge is -2.13. The van der Waals surface area contributed by atoms with Gasteiger partial charge in [0.1, 0.15) is 0 Å². The molecule has 0 spiro atoms. The third-order valence-electron chi connectivity index (χ3n) is 4.53. The van der Waals surface area contributed by atoms with Crippen LogP contribution in [-0.4, -0.2) is 10.4 Å². The average molecular weight is 374 g/mol. The van der Waals surface area contributed by atoms with Gasteiger partial charge in [-0.1, -0.05) is 54.1 Å². The summed E-state index contributed by atoms with van der Waals surface area (Å²) in [5.74, 6) is -0.302. The molecule has 132 valence electrons. The van der Waals surface area contributed by atoms with E-state index in [9.17, 15) is 9.59 Å². The maximum absolute atomic E-state index is 13.0. The normalized spacial score (nSPS) is 10.9. The van der Waals surface area contributed by atoms with Crippen molar-refractivity contribution >= 4 is 28.3 Å². The predicted octanol–water partition coefficient (Wildman–Crippen LogP) is 4.93. The van der Waals surface area contributed by atoms with E-state index in [2.05, 4.69) is 0 Å². The zero-order valence-corrected chi connectivity index (χ0v) is 15.2. The van der Waals surface area contributed by atoms with Gasteiger partial charge in [0.05, 0.1) is 11.1 Å². The summed E-state index contributed by atoms with van der Waals surface area (Å²) in [4.78, 5) is 25.9. The second-order valence-corrected chi connectivity index (χ2v) is 6.78. The summed E-state index contributed by atoms with van der Waals surface area (Å²) in [5.41, 5.74) is 2.25. The fraction of sp³-hybridized carbons (Fsp3) is 0.0435. The summed E-state index contributed by atoms with van der Waals surface area (Å²) in [6, 6.07) is 23.9. The van der Waals surface area contributed by atoms with Crippen molar-refractivity contribution in [3.05, 3.63) is 117 Å². The third-order valence-corrected chi connectivity index (χ3v) is 4.79. The van der Waals surface area contributed by atoms with Gasteiger partial charge in [-0.25, -0.2) is 0 Å². The number of nitrogens with zero attached hydrogens (tertiary/aromatic N) is 1. The number of hydrogen-bond donors (Lipinski definition) is 0. The Hall–Kier alpha value is -3.17. The highest BCUT2D eigenvalue weighted by molar-refractivity contribution is 6.30. The molecule has 0 fully saturated rings. The van der Waals surface area contributed by atoms with Crippen molar-refractivity contribution in [1.82, 2.24) is 4.57 Å². The second kappa shape index (κ2) is 7.22. The van der Waals surface area contributed by atoms with Crippen molar-refractivity contribution in [3.63, 3.8) is 0 Å². The highest BCUT2D eigenvalue weighted by Crippen LogP contribution is 2.17. The number of hydrogen-bond acceptors (Lipinski definition) is 2. The molecule has 4 heteroatoms. The van der Waals surface area contributed by atoms with Crippen LogP contribution in [0.4, 0.5) is 0 Å². The van der Waals surface area contributed by atoms with Crippen LogP contribution in [0.3, 0.4) is 0 Å². The number of benzene rings is 3. The Bertz CT molecular complexity index is 1180. The molecule has 4 aromatic rings.